The van der Waals surface area contributed by atoms with Crippen LogP contribution in [0.25, 0.3) is 0 Å². The molecule has 1 aliphatic heterocycles. The van der Waals surface area contributed by atoms with Crippen LogP contribution < -0.4 is 5.73 Å². The number of carbonyl (C=O) groups is 1. The quantitative estimate of drug-likeness (QED) is 0.806. The Morgan fingerprint density at radius 1 is 1.44 bits per heavy atom. The molecule has 0 aromatic heterocycles. The molecule has 0 radical (unpaired) electrons. The van der Waals surface area contributed by atoms with Gasteiger partial charge in [-0.1, -0.05) is 25.1 Å². The second kappa shape index (κ2) is 5.78. The Labute approximate surface area is 119 Å². The minimum atomic E-state index is -0.243. The van der Waals surface area contributed by atoms with Crippen LogP contribution in [0.1, 0.15) is 45.4 Å². The largest absolute Gasteiger partial charge is 0.392 e. The van der Waals surface area contributed by atoms with Gasteiger partial charge in [-0.05, 0) is 38.4 Å². The summed E-state index contributed by atoms with van der Waals surface area (Å²) < 4.78 is -0.243. The van der Waals surface area contributed by atoms with E-state index >= 15 is 0 Å². The number of hydrogen-bond donors (Lipinski definition) is 1. The number of nitrogens with zero attached hydrogens (tertiary/aromatic N) is 1. The first-order valence-corrected chi connectivity index (χ1v) is 8.16. The molecule has 1 aliphatic carbocycles. The van der Waals surface area contributed by atoms with Crippen molar-refractivity contribution < 1.29 is 4.79 Å². The van der Waals surface area contributed by atoms with E-state index in [9.17, 15) is 4.79 Å². The molecule has 18 heavy (non-hydrogen) atoms. The molecule has 2 N–H and O–H groups in total. The standard InChI is InChI=1S/C13H22N2OS2/c1-13(7-4-8-18-13)12(16)15(9-11(14)17)10-5-2-3-6-10/h10H,2-9H2,1H3,(H2,14,17). The first-order chi connectivity index (χ1) is 8.53. The predicted molar refractivity (Wildman–Crippen MR) is 80.9 cm³/mol. The third-order valence-corrected chi connectivity index (χ3v) is 5.66. The van der Waals surface area contributed by atoms with Crippen LogP contribution >= 0.6 is 24.0 Å². The highest BCUT2D eigenvalue weighted by atomic mass is 32.2. The van der Waals surface area contributed by atoms with Gasteiger partial charge in [0, 0.05) is 6.04 Å². The summed E-state index contributed by atoms with van der Waals surface area (Å²) in [5.74, 6) is 1.35. The molecule has 1 amide bonds. The Hall–Kier alpha value is -0.290. The van der Waals surface area contributed by atoms with E-state index < -0.39 is 0 Å². The molecule has 1 unspecified atom stereocenters. The van der Waals surface area contributed by atoms with E-state index in [1.807, 2.05) is 4.90 Å². The number of thioether (sulfide) groups is 1. The molecule has 2 fully saturated rings. The number of hydrogen-bond acceptors (Lipinski definition) is 3. The number of carbonyl (C=O) groups excluding carboxylic acids is 1. The zero-order valence-electron chi connectivity index (χ0n) is 11.0. The normalized spacial score (nSPS) is 28.5. The number of thiocarbonyl (C=S) groups is 1. The first-order valence-electron chi connectivity index (χ1n) is 6.76. The van der Waals surface area contributed by atoms with Crippen molar-refractivity contribution in [2.75, 3.05) is 12.3 Å². The zero-order valence-corrected chi connectivity index (χ0v) is 12.6. The second-order valence-electron chi connectivity index (χ2n) is 5.52. The fourth-order valence-corrected chi connectivity index (χ4v) is 4.41. The van der Waals surface area contributed by atoms with Gasteiger partial charge in [0.25, 0.3) is 0 Å². The highest BCUT2D eigenvalue weighted by molar-refractivity contribution is 8.01. The van der Waals surface area contributed by atoms with Gasteiger partial charge in [0.15, 0.2) is 0 Å². The van der Waals surface area contributed by atoms with Crippen molar-refractivity contribution in [2.24, 2.45) is 5.73 Å². The summed E-state index contributed by atoms with van der Waals surface area (Å²) in [5.41, 5.74) is 5.67. The van der Waals surface area contributed by atoms with Gasteiger partial charge in [0.1, 0.15) is 0 Å². The highest BCUT2D eigenvalue weighted by Gasteiger charge is 2.42. The summed E-state index contributed by atoms with van der Waals surface area (Å²) in [6.07, 6.45) is 6.77. The molecule has 1 atom stereocenters. The third-order valence-electron chi connectivity index (χ3n) is 4.02. The van der Waals surface area contributed by atoms with E-state index in [0.29, 0.717) is 17.6 Å². The minimum Gasteiger partial charge on any atom is -0.392 e. The molecule has 0 aromatic rings. The van der Waals surface area contributed by atoms with Crippen molar-refractivity contribution in [3.8, 4) is 0 Å². The van der Waals surface area contributed by atoms with E-state index in [0.717, 1.165) is 31.4 Å². The Morgan fingerprint density at radius 2 is 2.11 bits per heavy atom. The van der Waals surface area contributed by atoms with Crippen molar-refractivity contribution in [1.82, 2.24) is 4.90 Å². The first kappa shape index (κ1) is 14.1. The van der Waals surface area contributed by atoms with Crippen LogP contribution in [-0.2, 0) is 4.79 Å². The average Bonchev–Trinajstić information content (AvgIpc) is 2.96. The molecule has 2 rings (SSSR count). The molecular weight excluding hydrogens is 264 g/mol. The van der Waals surface area contributed by atoms with Crippen molar-refractivity contribution in [3.63, 3.8) is 0 Å². The van der Waals surface area contributed by atoms with Gasteiger partial charge in [-0.25, -0.2) is 0 Å². The molecule has 102 valence electrons. The van der Waals surface area contributed by atoms with Crippen molar-refractivity contribution in [3.05, 3.63) is 0 Å². The average molecular weight is 286 g/mol. The lowest BCUT2D eigenvalue weighted by atomic mass is 10.0. The van der Waals surface area contributed by atoms with Crippen LogP contribution in [-0.4, -0.2) is 38.9 Å². The lowest BCUT2D eigenvalue weighted by Gasteiger charge is -2.35. The number of rotatable bonds is 4. The summed E-state index contributed by atoms with van der Waals surface area (Å²) in [6, 6.07) is 0.358. The zero-order chi connectivity index (χ0) is 13.2. The Balaban J connectivity index is 2.11. The fraction of sp³-hybridized carbons (Fsp3) is 0.846. The molecule has 1 saturated carbocycles. The Bertz CT molecular complexity index is 334. The van der Waals surface area contributed by atoms with E-state index in [2.05, 4.69) is 6.92 Å². The smallest absolute Gasteiger partial charge is 0.239 e. The van der Waals surface area contributed by atoms with Gasteiger partial charge in [-0.2, -0.15) is 0 Å². The summed E-state index contributed by atoms with van der Waals surface area (Å²) in [4.78, 5) is 15.2. The summed E-state index contributed by atoms with van der Waals surface area (Å²) in [5, 5.41) is 0. The maximum atomic E-state index is 12.8. The Kier molecular flexibility index (Phi) is 4.54. The van der Waals surface area contributed by atoms with Crippen LogP contribution in [0.15, 0.2) is 0 Å². The van der Waals surface area contributed by atoms with Gasteiger partial charge < -0.3 is 10.6 Å². The van der Waals surface area contributed by atoms with E-state index in [-0.39, 0.29) is 10.7 Å². The van der Waals surface area contributed by atoms with Gasteiger partial charge in [-0.3, -0.25) is 4.79 Å². The molecule has 0 bridgehead atoms. The topological polar surface area (TPSA) is 46.3 Å². The van der Waals surface area contributed by atoms with Crippen LogP contribution in [0.2, 0.25) is 0 Å². The minimum absolute atomic E-state index is 0.243. The van der Waals surface area contributed by atoms with Crippen LogP contribution in [0.5, 0.6) is 0 Å². The van der Waals surface area contributed by atoms with Gasteiger partial charge >= 0.3 is 0 Å². The number of nitrogens with two attached hydrogens (primary N) is 1. The molecule has 1 heterocycles. The van der Waals surface area contributed by atoms with Crippen LogP contribution in [0.3, 0.4) is 0 Å². The number of amides is 1. The molecule has 3 nitrogen and oxygen atoms in total. The van der Waals surface area contributed by atoms with Crippen LogP contribution in [0, 0.1) is 0 Å². The molecule has 2 aliphatic rings. The van der Waals surface area contributed by atoms with Crippen molar-refractivity contribution >= 4 is 34.9 Å². The lowest BCUT2D eigenvalue weighted by molar-refractivity contribution is -0.134. The Morgan fingerprint density at radius 3 is 2.61 bits per heavy atom. The maximum Gasteiger partial charge on any atom is 0.239 e. The summed E-state index contributed by atoms with van der Waals surface area (Å²) in [7, 11) is 0. The summed E-state index contributed by atoms with van der Waals surface area (Å²) >= 11 is 6.81. The monoisotopic (exact) mass is 286 g/mol. The van der Waals surface area contributed by atoms with E-state index in [1.165, 1.54) is 12.8 Å². The molecular formula is C13H22N2OS2. The predicted octanol–water partition coefficient (Wildman–Crippen LogP) is 2.33. The van der Waals surface area contributed by atoms with Gasteiger partial charge in [0.2, 0.25) is 5.91 Å². The van der Waals surface area contributed by atoms with Crippen LogP contribution in [0.4, 0.5) is 0 Å². The van der Waals surface area contributed by atoms with Gasteiger partial charge in [0.05, 0.1) is 16.3 Å². The SMILES string of the molecule is CC1(C(=O)N(CC(N)=S)C2CCCC2)CCCS1. The molecule has 5 heteroatoms. The fourth-order valence-electron chi connectivity index (χ4n) is 3.00. The molecule has 0 aromatic carbocycles. The van der Waals surface area contributed by atoms with Gasteiger partial charge in [-0.15, -0.1) is 11.8 Å². The van der Waals surface area contributed by atoms with Crippen molar-refractivity contribution in [1.29, 1.82) is 0 Å². The maximum absolute atomic E-state index is 12.8. The summed E-state index contributed by atoms with van der Waals surface area (Å²) in [6.45, 7) is 2.53. The second-order valence-corrected chi connectivity index (χ2v) is 7.64. The van der Waals surface area contributed by atoms with Crippen molar-refractivity contribution in [2.45, 2.75) is 56.2 Å². The third kappa shape index (κ3) is 2.99. The molecule has 0 spiro atoms. The lowest BCUT2D eigenvalue weighted by Crippen LogP contribution is -2.50. The van der Waals surface area contributed by atoms with E-state index in [4.69, 9.17) is 18.0 Å². The van der Waals surface area contributed by atoms with E-state index in [1.54, 1.807) is 11.8 Å². The highest BCUT2D eigenvalue weighted by Crippen LogP contribution is 2.40. The molecule has 1 saturated heterocycles.